The number of nitrogens with one attached hydrogen (secondary N) is 1. The summed E-state index contributed by atoms with van der Waals surface area (Å²) in [5.41, 5.74) is 1.06. The number of phenolic OH excluding ortho intramolecular Hbond substituents is 1. The molecule has 3 aromatic rings. The van der Waals surface area contributed by atoms with E-state index in [1.54, 1.807) is 24.9 Å². The van der Waals surface area contributed by atoms with Crippen LogP contribution in [0.4, 0.5) is 5.69 Å². The minimum Gasteiger partial charge on any atom is -0.506 e. The van der Waals surface area contributed by atoms with Gasteiger partial charge in [-0.15, -0.1) is 10.2 Å². The SMILES string of the molecule is COc1ccc(-c2nnc(SCC(=O)Nc3cc(Cl)ccc3O)n2C)cc1OC. The van der Waals surface area contributed by atoms with Crippen LogP contribution in [0.25, 0.3) is 11.4 Å². The number of anilines is 1. The largest absolute Gasteiger partial charge is 0.506 e. The molecule has 2 N–H and O–H groups in total. The van der Waals surface area contributed by atoms with Gasteiger partial charge in [0, 0.05) is 17.6 Å². The minimum absolute atomic E-state index is 0.0536. The molecule has 0 radical (unpaired) electrons. The molecule has 152 valence electrons. The van der Waals surface area contributed by atoms with Gasteiger partial charge >= 0.3 is 0 Å². The van der Waals surface area contributed by atoms with E-state index in [9.17, 15) is 9.90 Å². The fourth-order valence-electron chi connectivity index (χ4n) is 2.59. The van der Waals surface area contributed by atoms with Gasteiger partial charge in [0.05, 0.1) is 25.7 Å². The Morgan fingerprint density at radius 3 is 2.66 bits per heavy atom. The van der Waals surface area contributed by atoms with Crippen LogP contribution in [0.2, 0.25) is 5.02 Å². The maximum atomic E-state index is 12.2. The first kappa shape index (κ1) is 20.8. The second kappa shape index (κ2) is 9.06. The molecule has 1 aromatic heterocycles. The normalized spacial score (nSPS) is 10.6. The highest BCUT2D eigenvalue weighted by Crippen LogP contribution is 2.32. The van der Waals surface area contributed by atoms with Crippen LogP contribution in [-0.4, -0.2) is 45.8 Å². The van der Waals surface area contributed by atoms with Gasteiger partial charge in [-0.3, -0.25) is 4.79 Å². The summed E-state index contributed by atoms with van der Waals surface area (Å²) in [6, 6.07) is 9.90. The lowest BCUT2D eigenvalue weighted by atomic mass is 10.2. The summed E-state index contributed by atoms with van der Waals surface area (Å²) < 4.78 is 12.4. The van der Waals surface area contributed by atoms with Crippen molar-refractivity contribution in [3.8, 4) is 28.6 Å². The van der Waals surface area contributed by atoms with Gasteiger partial charge < -0.3 is 24.5 Å². The number of methoxy groups -OCH3 is 2. The zero-order valence-electron chi connectivity index (χ0n) is 16.0. The number of carbonyl (C=O) groups excluding carboxylic acids is 1. The van der Waals surface area contributed by atoms with E-state index in [1.165, 1.54) is 30.0 Å². The molecule has 0 saturated heterocycles. The van der Waals surface area contributed by atoms with Crippen molar-refractivity contribution in [2.24, 2.45) is 7.05 Å². The number of benzene rings is 2. The summed E-state index contributed by atoms with van der Waals surface area (Å²) in [6.07, 6.45) is 0. The summed E-state index contributed by atoms with van der Waals surface area (Å²) in [5.74, 6) is 1.56. The van der Waals surface area contributed by atoms with E-state index in [1.807, 2.05) is 19.2 Å². The Labute approximate surface area is 176 Å². The van der Waals surface area contributed by atoms with Crippen LogP contribution in [0, 0.1) is 0 Å². The molecular formula is C19H19ClN4O4S. The smallest absolute Gasteiger partial charge is 0.234 e. The Morgan fingerprint density at radius 2 is 1.93 bits per heavy atom. The number of thioether (sulfide) groups is 1. The van der Waals surface area contributed by atoms with Gasteiger partial charge in [-0.1, -0.05) is 23.4 Å². The number of aromatic hydroxyl groups is 1. The van der Waals surface area contributed by atoms with Crippen molar-refractivity contribution in [1.82, 2.24) is 14.8 Å². The first-order chi connectivity index (χ1) is 13.9. The maximum absolute atomic E-state index is 12.2. The van der Waals surface area contributed by atoms with Crippen LogP contribution in [0.1, 0.15) is 0 Å². The highest BCUT2D eigenvalue weighted by molar-refractivity contribution is 7.99. The van der Waals surface area contributed by atoms with Gasteiger partial charge in [0.1, 0.15) is 5.75 Å². The number of rotatable bonds is 7. The highest BCUT2D eigenvalue weighted by Gasteiger charge is 2.15. The average Bonchev–Trinajstić information content (AvgIpc) is 3.09. The second-order valence-corrected chi connectivity index (χ2v) is 7.31. The molecule has 0 aliphatic carbocycles. The Hall–Kier alpha value is -2.91. The van der Waals surface area contributed by atoms with E-state index >= 15 is 0 Å². The van der Waals surface area contributed by atoms with Gasteiger partial charge in [0.15, 0.2) is 22.5 Å². The van der Waals surface area contributed by atoms with E-state index in [0.717, 1.165) is 5.56 Å². The van der Waals surface area contributed by atoms with Crippen LogP contribution in [0.15, 0.2) is 41.6 Å². The van der Waals surface area contributed by atoms with Gasteiger partial charge in [-0.25, -0.2) is 0 Å². The van der Waals surface area contributed by atoms with Crippen molar-refractivity contribution in [3.63, 3.8) is 0 Å². The fraction of sp³-hybridized carbons (Fsp3) is 0.211. The van der Waals surface area contributed by atoms with Crippen molar-refractivity contribution in [1.29, 1.82) is 0 Å². The van der Waals surface area contributed by atoms with Gasteiger partial charge in [-0.05, 0) is 36.4 Å². The molecule has 3 rings (SSSR count). The molecule has 0 aliphatic rings. The number of hydrogen-bond acceptors (Lipinski definition) is 7. The predicted molar refractivity (Wildman–Crippen MR) is 112 cm³/mol. The molecule has 0 atom stereocenters. The number of hydrogen-bond donors (Lipinski definition) is 2. The van der Waals surface area contributed by atoms with Crippen molar-refractivity contribution in [2.45, 2.75) is 5.16 Å². The molecule has 0 saturated carbocycles. The number of ether oxygens (including phenoxy) is 2. The third-order valence-corrected chi connectivity index (χ3v) is 5.30. The minimum atomic E-state index is -0.303. The fourth-order valence-corrected chi connectivity index (χ4v) is 3.48. The molecule has 2 aromatic carbocycles. The molecule has 0 bridgehead atoms. The third-order valence-electron chi connectivity index (χ3n) is 4.04. The lowest BCUT2D eigenvalue weighted by Gasteiger charge is -2.10. The van der Waals surface area contributed by atoms with E-state index in [-0.39, 0.29) is 23.1 Å². The molecule has 1 amide bonds. The van der Waals surface area contributed by atoms with E-state index in [2.05, 4.69) is 15.5 Å². The van der Waals surface area contributed by atoms with Gasteiger partial charge in [0.2, 0.25) is 5.91 Å². The molecule has 10 heteroatoms. The molecule has 1 heterocycles. The number of phenols is 1. The quantitative estimate of drug-likeness (QED) is 0.433. The number of nitrogens with zero attached hydrogens (tertiary/aromatic N) is 3. The Balaban J connectivity index is 1.70. The summed E-state index contributed by atoms with van der Waals surface area (Å²) >= 11 is 7.11. The van der Waals surface area contributed by atoms with Crippen LogP contribution in [-0.2, 0) is 11.8 Å². The van der Waals surface area contributed by atoms with E-state index in [4.69, 9.17) is 21.1 Å². The molecule has 8 nitrogen and oxygen atoms in total. The summed E-state index contributed by atoms with van der Waals surface area (Å²) in [4.78, 5) is 12.2. The first-order valence-electron chi connectivity index (χ1n) is 8.46. The molecule has 0 unspecified atom stereocenters. The van der Waals surface area contributed by atoms with E-state index < -0.39 is 0 Å². The van der Waals surface area contributed by atoms with Crippen LogP contribution in [0.5, 0.6) is 17.2 Å². The topological polar surface area (TPSA) is 98.5 Å². The lowest BCUT2D eigenvalue weighted by Crippen LogP contribution is -2.14. The van der Waals surface area contributed by atoms with Crippen molar-refractivity contribution < 1.29 is 19.4 Å². The number of carbonyl (C=O) groups is 1. The summed E-state index contributed by atoms with van der Waals surface area (Å²) in [6.45, 7) is 0. The zero-order chi connectivity index (χ0) is 21.0. The number of halogens is 1. The number of amides is 1. The third kappa shape index (κ3) is 4.75. The highest BCUT2D eigenvalue weighted by atomic mass is 35.5. The molecular weight excluding hydrogens is 416 g/mol. The number of aromatic nitrogens is 3. The van der Waals surface area contributed by atoms with Crippen molar-refractivity contribution in [2.75, 3.05) is 25.3 Å². The van der Waals surface area contributed by atoms with Crippen LogP contribution in [0.3, 0.4) is 0 Å². The standard InChI is InChI=1S/C19H19ClN4O4S/c1-24-18(11-4-7-15(27-2)16(8-11)28-3)22-23-19(24)29-10-17(26)21-13-9-12(20)5-6-14(13)25/h4-9,25H,10H2,1-3H3,(H,21,26). The zero-order valence-corrected chi connectivity index (χ0v) is 17.5. The van der Waals surface area contributed by atoms with E-state index in [0.29, 0.717) is 27.5 Å². The Kier molecular flexibility index (Phi) is 6.50. The lowest BCUT2D eigenvalue weighted by molar-refractivity contribution is -0.113. The maximum Gasteiger partial charge on any atom is 0.234 e. The average molecular weight is 435 g/mol. The first-order valence-corrected chi connectivity index (χ1v) is 9.82. The summed E-state index contributed by atoms with van der Waals surface area (Å²) in [5, 5.41) is 21.8. The molecule has 0 fully saturated rings. The van der Waals surface area contributed by atoms with Crippen LogP contribution < -0.4 is 14.8 Å². The Bertz CT molecular complexity index is 1040. The monoisotopic (exact) mass is 434 g/mol. The molecule has 29 heavy (non-hydrogen) atoms. The molecule has 0 spiro atoms. The summed E-state index contributed by atoms with van der Waals surface area (Å²) in [7, 11) is 4.95. The van der Waals surface area contributed by atoms with Crippen molar-refractivity contribution >= 4 is 35.0 Å². The van der Waals surface area contributed by atoms with Gasteiger partial charge in [-0.2, -0.15) is 0 Å². The Morgan fingerprint density at radius 1 is 1.17 bits per heavy atom. The van der Waals surface area contributed by atoms with Gasteiger partial charge in [0.25, 0.3) is 0 Å². The second-order valence-electron chi connectivity index (χ2n) is 5.93. The van der Waals surface area contributed by atoms with Crippen molar-refractivity contribution in [3.05, 3.63) is 41.4 Å². The predicted octanol–water partition coefficient (Wildman–Crippen LogP) is 3.59. The molecule has 0 aliphatic heterocycles. The van der Waals surface area contributed by atoms with Crippen LogP contribution >= 0.6 is 23.4 Å².